The molecule has 0 aromatic heterocycles. The number of carbonyl (C=O) groups excluding carboxylic acids is 2. The van der Waals surface area contributed by atoms with E-state index in [2.05, 4.69) is 6.92 Å². The Labute approximate surface area is 183 Å². The van der Waals surface area contributed by atoms with Gasteiger partial charge < -0.3 is 14.6 Å². The molecule has 0 radical (unpaired) electrons. The minimum absolute atomic E-state index is 0.139. The highest BCUT2D eigenvalue weighted by atomic mass is 16.5. The summed E-state index contributed by atoms with van der Waals surface area (Å²) in [7, 11) is 2.61. The Balaban J connectivity index is 2.33. The molecule has 1 aromatic carbocycles. The fourth-order valence-corrected chi connectivity index (χ4v) is 3.84. The van der Waals surface area contributed by atoms with Crippen LogP contribution in [0.3, 0.4) is 0 Å². The van der Waals surface area contributed by atoms with Crippen LogP contribution in [0.2, 0.25) is 0 Å². The van der Waals surface area contributed by atoms with E-state index in [9.17, 15) is 19.5 Å². The number of carbonyl (C=O) groups is 3. The first-order valence-corrected chi connectivity index (χ1v) is 10.9. The third-order valence-electron chi connectivity index (χ3n) is 5.61. The number of ether oxygens (including phenoxy) is 2. The summed E-state index contributed by atoms with van der Waals surface area (Å²) in [4.78, 5) is 37.8. The first kappa shape index (κ1) is 24.4. The van der Waals surface area contributed by atoms with Gasteiger partial charge >= 0.3 is 5.97 Å². The molecule has 1 N–H and O–H groups in total. The van der Waals surface area contributed by atoms with Gasteiger partial charge in [0, 0.05) is 16.7 Å². The van der Waals surface area contributed by atoms with Gasteiger partial charge in [-0.3, -0.25) is 9.59 Å². The van der Waals surface area contributed by atoms with Gasteiger partial charge in [-0.05, 0) is 43.0 Å². The van der Waals surface area contributed by atoms with Crippen LogP contribution in [-0.2, 0) is 14.3 Å². The van der Waals surface area contributed by atoms with Crippen LogP contribution in [0.5, 0.6) is 0 Å². The topological polar surface area (TPSA) is 89.9 Å². The van der Waals surface area contributed by atoms with Crippen molar-refractivity contribution in [3.8, 4) is 0 Å². The van der Waals surface area contributed by atoms with E-state index in [1.54, 1.807) is 19.1 Å². The number of benzene rings is 1. The predicted octanol–water partition coefficient (Wildman–Crippen LogP) is 5.49. The normalized spacial score (nSPS) is 14.0. The van der Waals surface area contributed by atoms with E-state index in [0.29, 0.717) is 12.0 Å². The smallest absolute Gasteiger partial charge is 0.331 e. The van der Waals surface area contributed by atoms with Crippen LogP contribution in [0, 0.1) is 6.92 Å². The second-order valence-electron chi connectivity index (χ2n) is 7.79. The van der Waals surface area contributed by atoms with Crippen molar-refractivity contribution >= 4 is 23.6 Å². The molecule has 0 bridgehead atoms. The molecule has 0 heterocycles. The number of aliphatic carboxylic acids is 1. The van der Waals surface area contributed by atoms with E-state index >= 15 is 0 Å². The number of ketones is 2. The van der Waals surface area contributed by atoms with Crippen LogP contribution in [0.4, 0.5) is 0 Å². The molecule has 6 heteroatoms. The molecule has 6 nitrogen and oxygen atoms in total. The fraction of sp³-hybridized carbons (Fsp3) is 0.480. The SMILES string of the molecule is CCCCCCCCC/C(=C\c1c(C)ccc2c1C(=O)C(OC)=C(OC)C2=O)C(=O)O. The van der Waals surface area contributed by atoms with Gasteiger partial charge in [0.15, 0.2) is 0 Å². The Kier molecular flexibility index (Phi) is 9.03. The highest BCUT2D eigenvalue weighted by Gasteiger charge is 2.36. The fourth-order valence-electron chi connectivity index (χ4n) is 3.84. The predicted molar refractivity (Wildman–Crippen MR) is 119 cm³/mol. The van der Waals surface area contributed by atoms with E-state index < -0.39 is 17.5 Å². The van der Waals surface area contributed by atoms with Gasteiger partial charge in [0.25, 0.3) is 0 Å². The first-order valence-electron chi connectivity index (χ1n) is 10.9. The number of Topliss-reactive ketones (excluding diaryl/α,β-unsaturated/α-hetero) is 2. The Bertz CT molecular complexity index is 907. The zero-order valence-electron chi connectivity index (χ0n) is 18.9. The van der Waals surface area contributed by atoms with E-state index in [-0.39, 0.29) is 28.2 Å². The van der Waals surface area contributed by atoms with E-state index in [1.165, 1.54) is 39.6 Å². The number of carboxylic acid groups (broad SMARTS) is 1. The minimum atomic E-state index is -1.02. The lowest BCUT2D eigenvalue weighted by molar-refractivity contribution is -0.132. The average molecular weight is 429 g/mol. The summed E-state index contributed by atoms with van der Waals surface area (Å²) in [5.41, 5.74) is 1.75. The average Bonchev–Trinajstić information content (AvgIpc) is 2.75. The quantitative estimate of drug-likeness (QED) is 0.350. The van der Waals surface area contributed by atoms with Crippen LogP contribution < -0.4 is 0 Å². The van der Waals surface area contributed by atoms with Crippen molar-refractivity contribution in [3.63, 3.8) is 0 Å². The maximum absolute atomic E-state index is 13.1. The summed E-state index contributed by atoms with van der Waals surface area (Å²) in [6.07, 6.45) is 9.55. The number of hydrogen-bond acceptors (Lipinski definition) is 5. The molecular formula is C25H32O6. The van der Waals surface area contributed by atoms with Crippen molar-refractivity contribution < 1.29 is 29.0 Å². The first-order chi connectivity index (χ1) is 14.9. The molecule has 0 saturated heterocycles. The van der Waals surface area contributed by atoms with Crippen molar-refractivity contribution in [2.45, 2.75) is 65.2 Å². The monoisotopic (exact) mass is 428 g/mol. The molecule has 0 spiro atoms. The lowest BCUT2D eigenvalue weighted by atomic mass is 9.85. The summed E-state index contributed by atoms with van der Waals surface area (Å²) in [6.45, 7) is 3.97. The molecule has 0 atom stereocenters. The molecule has 1 aliphatic carbocycles. The molecule has 168 valence electrons. The van der Waals surface area contributed by atoms with Gasteiger partial charge in [0.05, 0.1) is 14.2 Å². The maximum Gasteiger partial charge on any atom is 0.331 e. The zero-order chi connectivity index (χ0) is 23.0. The number of unbranched alkanes of at least 4 members (excludes halogenated alkanes) is 6. The number of carboxylic acids is 1. The molecule has 0 fully saturated rings. The Morgan fingerprint density at radius 3 is 2.10 bits per heavy atom. The number of methoxy groups -OCH3 is 2. The van der Waals surface area contributed by atoms with Crippen LogP contribution in [-0.4, -0.2) is 36.9 Å². The number of aryl methyl sites for hydroxylation is 1. The highest BCUT2D eigenvalue weighted by molar-refractivity contribution is 6.26. The van der Waals surface area contributed by atoms with Gasteiger partial charge in [-0.1, -0.05) is 51.5 Å². The van der Waals surface area contributed by atoms with Crippen molar-refractivity contribution in [1.82, 2.24) is 0 Å². The van der Waals surface area contributed by atoms with Crippen molar-refractivity contribution in [2.24, 2.45) is 0 Å². The van der Waals surface area contributed by atoms with Crippen molar-refractivity contribution in [3.05, 3.63) is 51.5 Å². The van der Waals surface area contributed by atoms with E-state index in [1.807, 2.05) is 0 Å². The molecule has 0 unspecified atom stereocenters. The second-order valence-corrected chi connectivity index (χ2v) is 7.79. The largest absolute Gasteiger partial charge is 0.489 e. The van der Waals surface area contributed by atoms with Gasteiger partial charge in [0.2, 0.25) is 23.1 Å². The standard InChI is InChI=1S/C25H32O6/c1-5-6-7-8-9-10-11-12-17(25(28)29)15-19-16(2)13-14-18-20(19)22(27)24(31-4)23(30-3)21(18)26/h13-15H,5-12H2,1-4H3,(H,28,29)/b17-15+. The Morgan fingerprint density at radius 2 is 1.52 bits per heavy atom. The van der Waals surface area contributed by atoms with Gasteiger partial charge in [-0.2, -0.15) is 0 Å². The molecule has 0 amide bonds. The molecule has 31 heavy (non-hydrogen) atoms. The van der Waals surface area contributed by atoms with Crippen molar-refractivity contribution in [1.29, 1.82) is 0 Å². The third kappa shape index (κ3) is 5.63. The van der Waals surface area contributed by atoms with Crippen LogP contribution >= 0.6 is 0 Å². The Hall–Kier alpha value is -2.89. The highest BCUT2D eigenvalue weighted by Crippen LogP contribution is 2.33. The van der Waals surface area contributed by atoms with Crippen LogP contribution in [0.25, 0.3) is 6.08 Å². The van der Waals surface area contributed by atoms with E-state index in [4.69, 9.17) is 9.47 Å². The number of hydrogen-bond donors (Lipinski definition) is 1. The maximum atomic E-state index is 13.1. The molecule has 2 rings (SSSR count). The second kappa shape index (κ2) is 11.5. The summed E-state index contributed by atoms with van der Waals surface area (Å²) in [5, 5.41) is 9.72. The molecule has 0 aliphatic heterocycles. The molecule has 0 saturated carbocycles. The van der Waals surface area contributed by atoms with Gasteiger partial charge in [0.1, 0.15) is 0 Å². The molecular weight excluding hydrogens is 396 g/mol. The third-order valence-corrected chi connectivity index (χ3v) is 5.61. The number of fused-ring (bicyclic) bond motifs is 1. The lowest BCUT2D eigenvalue weighted by Gasteiger charge is -2.21. The minimum Gasteiger partial charge on any atom is -0.489 e. The number of rotatable bonds is 12. The Morgan fingerprint density at radius 1 is 0.935 bits per heavy atom. The van der Waals surface area contributed by atoms with Crippen LogP contribution in [0.15, 0.2) is 29.2 Å². The summed E-state index contributed by atoms with van der Waals surface area (Å²) < 4.78 is 10.2. The van der Waals surface area contributed by atoms with Gasteiger partial charge in [-0.25, -0.2) is 4.79 Å². The summed E-state index contributed by atoms with van der Waals surface area (Å²) in [5.74, 6) is -2.25. The van der Waals surface area contributed by atoms with E-state index in [0.717, 1.165) is 31.2 Å². The summed E-state index contributed by atoms with van der Waals surface area (Å²) >= 11 is 0. The number of allylic oxidation sites excluding steroid dienone is 2. The van der Waals surface area contributed by atoms with Crippen molar-refractivity contribution in [2.75, 3.05) is 14.2 Å². The molecule has 1 aromatic rings. The molecule has 1 aliphatic rings. The lowest BCUT2D eigenvalue weighted by Crippen LogP contribution is -2.25. The summed E-state index contributed by atoms with van der Waals surface area (Å²) in [6, 6.07) is 3.29. The van der Waals surface area contributed by atoms with Gasteiger partial charge in [-0.15, -0.1) is 0 Å². The van der Waals surface area contributed by atoms with Crippen LogP contribution in [0.1, 0.15) is 90.1 Å². The zero-order valence-corrected chi connectivity index (χ0v) is 18.9.